The van der Waals surface area contributed by atoms with Gasteiger partial charge in [0.25, 0.3) is 0 Å². The molecule has 0 saturated carbocycles. The second-order valence-electron chi connectivity index (χ2n) is 13.4. The third kappa shape index (κ3) is 4.56. The minimum atomic E-state index is -0.526. The highest BCUT2D eigenvalue weighted by molar-refractivity contribution is 6.18. The van der Waals surface area contributed by atoms with Crippen LogP contribution in [0.3, 0.4) is 0 Å². The molecule has 1 N–H and O–H groups in total. The second kappa shape index (κ2) is 11.3. The Morgan fingerprint density at radius 3 is 1.67 bits per heavy atom. The number of aliphatic imine (C=N–C) groups is 2. The fraction of sp³-hybridized carbons (Fsp3) is 0.0213. The van der Waals surface area contributed by atoms with E-state index in [9.17, 15) is 0 Å². The Morgan fingerprint density at radius 2 is 0.981 bits per heavy atom. The summed E-state index contributed by atoms with van der Waals surface area (Å²) in [5, 5.41) is 12.5. The first-order chi connectivity index (χ1) is 25.7. The maximum absolute atomic E-state index is 6.73. The molecule has 0 unspecified atom stereocenters. The molecule has 244 valence electrons. The van der Waals surface area contributed by atoms with Crippen LogP contribution < -0.4 is 5.32 Å². The Kier molecular flexibility index (Phi) is 6.25. The molecule has 8 aromatic carbocycles. The maximum atomic E-state index is 6.73. The van der Waals surface area contributed by atoms with Crippen molar-refractivity contribution in [3.63, 3.8) is 0 Å². The van der Waals surface area contributed by atoms with Crippen LogP contribution in [-0.4, -0.2) is 11.7 Å². The van der Waals surface area contributed by atoms with Crippen molar-refractivity contribution >= 4 is 77.1 Å². The SMILES string of the molecule is c1ccc2cc(C3=NC(c4ccc(-c5ccc6oc7ccccc7c6c5)c5oc6ccccc6c45)N=C(c4ccc5ccccc5c4)N3)ccc2c1. The molecule has 0 atom stereocenters. The maximum Gasteiger partial charge on any atom is 0.170 e. The van der Waals surface area contributed by atoms with Crippen molar-refractivity contribution in [2.45, 2.75) is 6.17 Å². The van der Waals surface area contributed by atoms with Gasteiger partial charge < -0.3 is 14.2 Å². The molecule has 10 aromatic rings. The molecule has 1 aliphatic rings. The lowest BCUT2D eigenvalue weighted by atomic mass is 9.96. The lowest BCUT2D eigenvalue weighted by molar-refractivity contribution is 0.667. The van der Waals surface area contributed by atoms with Gasteiger partial charge in [0, 0.05) is 43.8 Å². The highest BCUT2D eigenvalue weighted by Gasteiger charge is 2.26. The van der Waals surface area contributed by atoms with Gasteiger partial charge in [-0.3, -0.25) is 0 Å². The molecule has 11 rings (SSSR count). The average Bonchev–Trinajstić information content (AvgIpc) is 3.79. The zero-order chi connectivity index (χ0) is 34.2. The largest absolute Gasteiger partial charge is 0.456 e. The minimum Gasteiger partial charge on any atom is -0.456 e. The van der Waals surface area contributed by atoms with Crippen molar-refractivity contribution in [2.24, 2.45) is 9.98 Å². The Balaban J connectivity index is 1.13. The van der Waals surface area contributed by atoms with Crippen LogP contribution in [0, 0.1) is 0 Å². The third-order valence-corrected chi connectivity index (χ3v) is 10.3. The summed E-state index contributed by atoms with van der Waals surface area (Å²) >= 11 is 0. The molecule has 0 radical (unpaired) electrons. The third-order valence-electron chi connectivity index (χ3n) is 10.3. The van der Waals surface area contributed by atoms with E-state index in [0.717, 1.165) is 94.1 Å². The average molecular weight is 668 g/mol. The highest BCUT2D eigenvalue weighted by atomic mass is 16.3. The van der Waals surface area contributed by atoms with Gasteiger partial charge in [0.05, 0.1) is 0 Å². The van der Waals surface area contributed by atoms with E-state index in [0.29, 0.717) is 0 Å². The van der Waals surface area contributed by atoms with Crippen LogP contribution in [0.2, 0.25) is 0 Å². The molecule has 52 heavy (non-hydrogen) atoms. The topological polar surface area (TPSA) is 63.0 Å². The van der Waals surface area contributed by atoms with E-state index in [1.807, 2.05) is 24.3 Å². The predicted molar refractivity (Wildman–Crippen MR) is 213 cm³/mol. The number of nitrogens with one attached hydrogen (secondary N) is 1. The van der Waals surface area contributed by atoms with Crippen LogP contribution in [0.25, 0.3) is 76.5 Å². The fourth-order valence-electron chi connectivity index (χ4n) is 7.75. The van der Waals surface area contributed by atoms with Crippen LogP contribution in [0.1, 0.15) is 22.9 Å². The summed E-state index contributed by atoms with van der Waals surface area (Å²) in [5.74, 6) is 1.55. The van der Waals surface area contributed by atoms with Crippen molar-refractivity contribution in [3.8, 4) is 11.1 Å². The Bertz CT molecular complexity index is 3030. The van der Waals surface area contributed by atoms with Gasteiger partial charge in [0.2, 0.25) is 0 Å². The summed E-state index contributed by atoms with van der Waals surface area (Å²) in [6.45, 7) is 0. The zero-order valence-corrected chi connectivity index (χ0v) is 27.9. The quantitative estimate of drug-likeness (QED) is 0.203. The van der Waals surface area contributed by atoms with Gasteiger partial charge in [-0.25, -0.2) is 9.98 Å². The van der Waals surface area contributed by atoms with Gasteiger partial charge in [-0.1, -0.05) is 127 Å². The smallest absolute Gasteiger partial charge is 0.170 e. The molecular weight excluding hydrogens is 639 g/mol. The summed E-state index contributed by atoms with van der Waals surface area (Å²) in [4.78, 5) is 10.7. The van der Waals surface area contributed by atoms with Crippen molar-refractivity contribution in [2.75, 3.05) is 0 Å². The Hall–Kier alpha value is -6.98. The number of amidine groups is 2. The van der Waals surface area contributed by atoms with Crippen LogP contribution in [-0.2, 0) is 0 Å². The standard InChI is InChI=1S/C47H29N3O2/c1-3-11-30-25-33(19-17-28(30)9-1)45-48-46(34-20-18-29-10-2-4-12-31(29)26-34)50-47(49-45)38-23-22-35(44-43(38)37-14-6-8-16-41(37)52-44)32-21-24-42-39(27-32)36-13-5-7-15-40(36)51-42/h1-27,47H,(H,48,49,50). The van der Waals surface area contributed by atoms with Crippen LogP contribution >= 0.6 is 0 Å². The first-order valence-electron chi connectivity index (χ1n) is 17.5. The molecule has 0 aliphatic carbocycles. The minimum absolute atomic E-state index is 0.526. The van der Waals surface area contributed by atoms with E-state index in [1.165, 1.54) is 10.8 Å². The molecule has 3 heterocycles. The lowest BCUT2D eigenvalue weighted by Crippen LogP contribution is -2.36. The molecule has 5 heteroatoms. The number of hydrogen-bond donors (Lipinski definition) is 1. The number of fused-ring (bicyclic) bond motifs is 8. The van der Waals surface area contributed by atoms with Crippen LogP contribution in [0.4, 0.5) is 0 Å². The van der Waals surface area contributed by atoms with Gasteiger partial charge in [-0.15, -0.1) is 0 Å². The lowest BCUT2D eigenvalue weighted by Gasteiger charge is -2.23. The second-order valence-corrected chi connectivity index (χ2v) is 13.4. The van der Waals surface area contributed by atoms with Crippen molar-refractivity contribution in [1.82, 2.24) is 5.32 Å². The fourth-order valence-corrected chi connectivity index (χ4v) is 7.75. The summed E-state index contributed by atoms with van der Waals surface area (Å²) in [6, 6.07) is 56.9. The summed E-state index contributed by atoms with van der Waals surface area (Å²) in [7, 11) is 0. The molecule has 0 bridgehead atoms. The molecule has 0 spiro atoms. The summed E-state index contributed by atoms with van der Waals surface area (Å²) in [5.41, 5.74) is 8.44. The van der Waals surface area contributed by atoms with E-state index < -0.39 is 6.17 Å². The summed E-state index contributed by atoms with van der Waals surface area (Å²) < 4.78 is 12.9. The van der Waals surface area contributed by atoms with Crippen LogP contribution in [0.5, 0.6) is 0 Å². The number of benzene rings is 8. The monoisotopic (exact) mass is 667 g/mol. The van der Waals surface area contributed by atoms with E-state index in [4.69, 9.17) is 18.8 Å². The Morgan fingerprint density at radius 1 is 0.423 bits per heavy atom. The molecule has 2 aromatic heterocycles. The number of rotatable bonds is 4. The predicted octanol–water partition coefficient (Wildman–Crippen LogP) is 12.0. The summed E-state index contributed by atoms with van der Waals surface area (Å²) in [6.07, 6.45) is -0.526. The van der Waals surface area contributed by atoms with Gasteiger partial charge in [0.1, 0.15) is 34.0 Å². The van der Waals surface area contributed by atoms with Crippen molar-refractivity contribution in [1.29, 1.82) is 0 Å². The van der Waals surface area contributed by atoms with E-state index in [2.05, 4.69) is 145 Å². The number of para-hydroxylation sites is 2. The van der Waals surface area contributed by atoms with Gasteiger partial charge >= 0.3 is 0 Å². The molecule has 0 amide bonds. The van der Waals surface area contributed by atoms with E-state index >= 15 is 0 Å². The first kappa shape index (κ1) is 28.8. The van der Waals surface area contributed by atoms with Crippen molar-refractivity contribution in [3.05, 3.63) is 180 Å². The Labute approximate surface area is 298 Å². The number of nitrogens with zero attached hydrogens (tertiary/aromatic N) is 2. The van der Waals surface area contributed by atoms with Crippen molar-refractivity contribution < 1.29 is 8.83 Å². The number of furan rings is 2. The zero-order valence-electron chi connectivity index (χ0n) is 27.9. The molecule has 0 fully saturated rings. The van der Waals surface area contributed by atoms with Gasteiger partial charge in [0.15, 0.2) is 6.17 Å². The van der Waals surface area contributed by atoms with E-state index in [1.54, 1.807) is 0 Å². The molecular formula is C47H29N3O2. The first-order valence-corrected chi connectivity index (χ1v) is 17.5. The van der Waals surface area contributed by atoms with Gasteiger partial charge in [-0.2, -0.15) is 0 Å². The van der Waals surface area contributed by atoms with Gasteiger partial charge in [-0.05, 0) is 63.5 Å². The highest BCUT2D eigenvalue weighted by Crippen LogP contribution is 2.43. The van der Waals surface area contributed by atoms with E-state index in [-0.39, 0.29) is 0 Å². The normalized spacial score (nSPS) is 13.7. The molecule has 1 aliphatic heterocycles. The number of hydrogen-bond acceptors (Lipinski definition) is 5. The molecule has 0 saturated heterocycles. The molecule has 5 nitrogen and oxygen atoms in total. The van der Waals surface area contributed by atoms with Crippen LogP contribution in [0.15, 0.2) is 183 Å².